The van der Waals surface area contributed by atoms with Crippen molar-refractivity contribution in [3.05, 3.63) is 0 Å². The highest BCUT2D eigenvalue weighted by Crippen LogP contribution is 2.05. The molecule has 90 valence electrons. The molecule has 0 aliphatic heterocycles. The van der Waals surface area contributed by atoms with Crippen molar-refractivity contribution in [3.8, 4) is 0 Å². The van der Waals surface area contributed by atoms with Crippen LogP contribution in [0.2, 0.25) is 0 Å². The average molecular weight is 231 g/mol. The van der Waals surface area contributed by atoms with Gasteiger partial charge in [-0.3, -0.25) is 4.99 Å². The zero-order valence-electron chi connectivity index (χ0n) is 10.3. The Balaban J connectivity index is 3.28. The standard InChI is InChI=1S/C12H25NOS/c1-11(2)10-12(3)13-6-9-15-8-5-4-7-14/h11,14H,4-10H2,1-3H3. The normalized spacial score (nSPS) is 12.5. The van der Waals surface area contributed by atoms with Gasteiger partial charge in [-0.1, -0.05) is 13.8 Å². The van der Waals surface area contributed by atoms with Crippen LogP contribution in [-0.4, -0.2) is 35.5 Å². The molecule has 0 atom stereocenters. The van der Waals surface area contributed by atoms with Crippen molar-refractivity contribution in [2.24, 2.45) is 10.9 Å². The maximum atomic E-state index is 8.59. The van der Waals surface area contributed by atoms with Crippen molar-refractivity contribution in [2.75, 3.05) is 24.7 Å². The molecule has 0 saturated carbocycles. The molecule has 2 nitrogen and oxygen atoms in total. The first-order chi connectivity index (χ1) is 7.16. The van der Waals surface area contributed by atoms with Gasteiger partial charge in [0.15, 0.2) is 0 Å². The third kappa shape index (κ3) is 11.9. The van der Waals surface area contributed by atoms with E-state index in [1.54, 1.807) is 0 Å². The molecule has 0 rings (SSSR count). The Morgan fingerprint density at radius 1 is 1.27 bits per heavy atom. The lowest BCUT2D eigenvalue weighted by Gasteiger charge is -2.04. The molecule has 0 aromatic rings. The molecular weight excluding hydrogens is 206 g/mol. The predicted molar refractivity (Wildman–Crippen MR) is 71.1 cm³/mol. The van der Waals surface area contributed by atoms with E-state index >= 15 is 0 Å². The average Bonchev–Trinajstić information content (AvgIpc) is 2.15. The minimum absolute atomic E-state index is 0.326. The summed E-state index contributed by atoms with van der Waals surface area (Å²) in [5.74, 6) is 2.98. The maximum Gasteiger partial charge on any atom is 0.0479 e. The third-order valence-electron chi connectivity index (χ3n) is 2.02. The maximum absolute atomic E-state index is 8.59. The summed E-state index contributed by atoms with van der Waals surface area (Å²) in [5.41, 5.74) is 1.28. The van der Waals surface area contributed by atoms with E-state index in [1.807, 2.05) is 11.8 Å². The first-order valence-corrected chi connectivity index (χ1v) is 7.00. The molecule has 3 heteroatoms. The highest BCUT2D eigenvalue weighted by atomic mass is 32.2. The van der Waals surface area contributed by atoms with Crippen LogP contribution in [-0.2, 0) is 0 Å². The molecule has 15 heavy (non-hydrogen) atoms. The lowest BCUT2D eigenvalue weighted by atomic mass is 10.1. The number of unbranched alkanes of at least 4 members (excludes halogenated alkanes) is 1. The van der Waals surface area contributed by atoms with Gasteiger partial charge in [-0.2, -0.15) is 11.8 Å². The van der Waals surface area contributed by atoms with Crippen LogP contribution in [0.3, 0.4) is 0 Å². The summed E-state index contributed by atoms with van der Waals surface area (Å²) in [7, 11) is 0. The Hall–Kier alpha value is -0.0200. The van der Waals surface area contributed by atoms with Crippen LogP contribution < -0.4 is 0 Å². The van der Waals surface area contributed by atoms with E-state index in [2.05, 4.69) is 25.8 Å². The molecule has 0 amide bonds. The molecular formula is C12H25NOS. The Kier molecular flexibility index (Phi) is 10.5. The van der Waals surface area contributed by atoms with Crippen LogP contribution in [0.25, 0.3) is 0 Å². The molecule has 0 radical (unpaired) electrons. The molecule has 0 bridgehead atoms. The molecule has 0 aliphatic rings. The monoisotopic (exact) mass is 231 g/mol. The molecule has 0 aliphatic carbocycles. The smallest absolute Gasteiger partial charge is 0.0479 e. The van der Waals surface area contributed by atoms with Crippen molar-refractivity contribution < 1.29 is 5.11 Å². The second-order valence-corrected chi connectivity index (χ2v) is 5.48. The molecule has 0 fully saturated rings. The minimum Gasteiger partial charge on any atom is -0.396 e. The number of aliphatic imine (C=N–C) groups is 1. The van der Waals surface area contributed by atoms with E-state index in [4.69, 9.17) is 5.11 Å². The molecule has 0 heterocycles. The predicted octanol–water partition coefficient (Wildman–Crippen LogP) is 3.00. The summed E-state index contributed by atoms with van der Waals surface area (Å²) >= 11 is 1.94. The Labute approximate surface area is 98.6 Å². The molecule has 0 aromatic carbocycles. The van der Waals surface area contributed by atoms with Gasteiger partial charge in [-0.15, -0.1) is 0 Å². The largest absolute Gasteiger partial charge is 0.396 e. The van der Waals surface area contributed by atoms with Gasteiger partial charge in [-0.25, -0.2) is 0 Å². The van der Waals surface area contributed by atoms with Crippen molar-refractivity contribution >= 4 is 17.5 Å². The van der Waals surface area contributed by atoms with E-state index < -0.39 is 0 Å². The van der Waals surface area contributed by atoms with Crippen molar-refractivity contribution in [1.82, 2.24) is 0 Å². The topological polar surface area (TPSA) is 32.6 Å². The number of hydrogen-bond acceptors (Lipinski definition) is 3. The van der Waals surface area contributed by atoms with E-state index in [9.17, 15) is 0 Å². The molecule has 0 saturated heterocycles. The summed E-state index contributed by atoms with van der Waals surface area (Å²) in [6.45, 7) is 7.84. The lowest BCUT2D eigenvalue weighted by molar-refractivity contribution is 0.287. The van der Waals surface area contributed by atoms with Gasteiger partial charge in [0.05, 0.1) is 0 Å². The van der Waals surface area contributed by atoms with Crippen LogP contribution in [0.1, 0.15) is 40.0 Å². The number of nitrogens with zero attached hydrogens (tertiary/aromatic N) is 1. The number of aliphatic hydroxyl groups is 1. The fourth-order valence-corrected chi connectivity index (χ4v) is 2.21. The summed E-state index contributed by atoms with van der Waals surface area (Å²) in [6, 6.07) is 0. The quantitative estimate of drug-likeness (QED) is 0.489. The van der Waals surface area contributed by atoms with Crippen molar-refractivity contribution in [3.63, 3.8) is 0 Å². The highest BCUT2D eigenvalue weighted by molar-refractivity contribution is 7.99. The van der Waals surface area contributed by atoms with Gasteiger partial charge in [0.25, 0.3) is 0 Å². The number of rotatable bonds is 9. The van der Waals surface area contributed by atoms with Gasteiger partial charge >= 0.3 is 0 Å². The zero-order chi connectivity index (χ0) is 11.5. The number of thioether (sulfide) groups is 1. The van der Waals surface area contributed by atoms with Crippen LogP contribution >= 0.6 is 11.8 Å². The van der Waals surface area contributed by atoms with E-state index in [1.165, 1.54) is 5.71 Å². The van der Waals surface area contributed by atoms with Gasteiger partial charge in [0.1, 0.15) is 0 Å². The number of aliphatic hydroxyl groups excluding tert-OH is 1. The van der Waals surface area contributed by atoms with Crippen LogP contribution in [0.4, 0.5) is 0 Å². The van der Waals surface area contributed by atoms with Gasteiger partial charge in [-0.05, 0) is 37.9 Å². The second-order valence-electron chi connectivity index (χ2n) is 4.26. The van der Waals surface area contributed by atoms with Crippen LogP contribution in [0.15, 0.2) is 4.99 Å². The van der Waals surface area contributed by atoms with Crippen LogP contribution in [0, 0.1) is 5.92 Å². The zero-order valence-corrected chi connectivity index (χ0v) is 11.1. The van der Waals surface area contributed by atoms with Crippen LogP contribution in [0.5, 0.6) is 0 Å². The Morgan fingerprint density at radius 3 is 2.60 bits per heavy atom. The van der Waals surface area contributed by atoms with Gasteiger partial charge < -0.3 is 5.11 Å². The first kappa shape index (κ1) is 15.0. The molecule has 0 spiro atoms. The summed E-state index contributed by atoms with van der Waals surface area (Å²) < 4.78 is 0. The summed E-state index contributed by atoms with van der Waals surface area (Å²) in [6.07, 6.45) is 3.17. The van der Waals surface area contributed by atoms with Gasteiger partial charge in [0.2, 0.25) is 0 Å². The highest BCUT2D eigenvalue weighted by Gasteiger charge is 1.96. The van der Waals surface area contributed by atoms with E-state index in [0.717, 1.165) is 37.3 Å². The first-order valence-electron chi connectivity index (χ1n) is 5.85. The van der Waals surface area contributed by atoms with E-state index in [-0.39, 0.29) is 0 Å². The van der Waals surface area contributed by atoms with Gasteiger partial charge in [0, 0.05) is 24.6 Å². The summed E-state index contributed by atoms with van der Waals surface area (Å²) in [5, 5.41) is 8.59. The van der Waals surface area contributed by atoms with Crippen molar-refractivity contribution in [1.29, 1.82) is 0 Å². The Bertz CT molecular complexity index is 169. The molecule has 1 N–H and O–H groups in total. The van der Waals surface area contributed by atoms with E-state index in [0.29, 0.717) is 12.5 Å². The van der Waals surface area contributed by atoms with Crippen molar-refractivity contribution in [2.45, 2.75) is 40.0 Å². The third-order valence-corrected chi connectivity index (χ3v) is 3.07. The molecule has 0 unspecified atom stereocenters. The fourth-order valence-electron chi connectivity index (χ4n) is 1.37. The Morgan fingerprint density at radius 2 is 2.00 bits per heavy atom. The SMILES string of the molecule is CC(CC(C)C)=NCCSCCCCO. The lowest BCUT2D eigenvalue weighted by Crippen LogP contribution is -2.00. The summed E-state index contributed by atoms with van der Waals surface area (Å²) in [4.78, 5) is 4.53. The molecule has 0 aromatic heterocycles. The number of hydrogen-bond donors (Lipinski definition) is 1. The second kappa shape index (κ2) is 10.5. The minimum atomic E-state index is 0.326. The fraction of sp³-hybridized carbons (Fsp3) is 0.917.